The largest absolute Gasteiger partial charge is 2.00 e. The Labute approximate surface area is 340 Å². The first kappa shape index (κ1) is 38.7. The second kappa shape index (κ2) is 14.8. The number of hydrogen-bond donors (Lipinski definition) is 9. The molecule has 0 spiro atoms. The summed E-state index contributed by atoms with van der Waals surface area (Å²) in [5.41, 5.74) is 3.38. The van der Waals surface area contributed by atoms with E-state index >= 15 is 0 Å². The Morgan fingerprint density at radius 1 is 0.345 bits per heavy atom. The van der Waals surface area contributed by atoms with E-state index in [1.54, 1.807) is 48.6 Å². The van der Waals surface area contributed by atoms with E-state index in [2.05, 4.69) is 4.98 Å². The second-order valence-electron chi connectivity index (χ2n) is 13.1. The van der Waals surface area contributed by atoms with Gasteiger partial charge in [0.25, 0.3) is 0 Å². The normalized spacial score (nSPS) is 11.6. The Hall–Kier alpha value is -7.60. The van der Waals surface area contributed by atoms with E-state index in [1.807, 2.05) is 0 Å². The van der Waals surface area contributed by atoms with E-state index in [-0.39, 0.29) is 149 Å². The van der Waals surface area contributed by atoms with Crippen LogP contribution in [0.4, 0.5) is 0 Å². The monoisotopic (exact) mass is 819 g/mol. The van der Waals surface area contributed by atoms with Crippen molar-refractivity contribution in [2.45, 2.75) is 0 Å². The molecule has 291 valence electrons. The van der Waals surface area contributed by atoms with Crippen LogP contribution < -0.4 is 4.98 Å². The van der Waals surface area contributed by atoms with Gasteiger partial charge in [0.2, 0.25) is 0 Å². The fourth-order valence-electron chi connectivity index (χ4n) is 7.32. The minimum atomic E-state index is -0.263. The number of benzene rings is 4. The molecule has 7 aromatic rings. The van der Waals surface area contributed by atoms with Crippen molar-refractivity contribution in [3.05, 3.63) is 127 Å². The molecule has 0 amide bonds. The minimum Gasteiger partial charge on any atom is -0.657 e. The van der Waals surface area contributed by atoms with Crippen molar-refractivity contribution < 1.29 is 57.9 Å². The molecule has 0 atom stereocenters. The minimum absolute atomic E-state index is 0. The summed E-state index contributed by atoms with van der Waals surface area (Å²) in [4.78, 5) is 18.2. The molecule has 5 heterocycles. The van der Waals surface area contributed by atoms with Gasteiger partial charge >= 0.3 is 17.1 Å². The van der Waals surface area contributed by atoms with Gasteiger partial charge in [0, 0.05) is 33.3 Å². The third kappa shape index (κ3) is 6.20. The summed E-state index contributed by atoms with van der Waals surface area (Å²) in [6, 6.07) is 23.9. The number of aromatic amines is 1. The van der Waals surface area contributed by atoms with Crippen LogP contribution in [0, 0.1) is 7.43 Å². The predicted molar refractivity (Wildman–Crippen MR) is 219 cm³/mol. The number of aromatic hydroxyl groups is 8. The SMILES string of the molecule is Oc1cccc(O)c1-c1c2nc(c(-c3c(O)cccc3O)c3ccc([nH]3)c(-c3c(O)cccc3O)c3nc(c(-c4c(O)cccc4O)c4ccc1[n-]4)C=C3)C=C2.[CH3-].[Cu+2]. The van der Waals surface area contributed by atoms with Crippen LogP contribution in [-0.4, -0.2) is 55.8 Å². The zero-order valence-electron chi connectivity index (χ0n) is 30.3. The molecular formula is C45H32CuN4O8. The van der Waals surface area contributed by atoms with Crippen LogP contribution in [0.1, 0.15) is 22.8 Å². The van der Waals surface area contributed by atoms with Crippen molar-refractivity contribution in [1.29, 1.82) is 0 Å². The average molecular weight is 820 g/mol. The topological polar surface area (TPSA) is 218 Å². The number of phenols is 8. The number of hydrogen-bond acceptors (Lipinski definition) is 10. The van der Waals surface area contributed by atoms with E-state index in [1.165, 1.54) is 72.8 Å². The summed E-state index contributed by atoms with van der Waals surface area (Å²) >= 11 is 0. The van der Waals surface area contributed by atoms with E-state index in [4.69, 9.17) is 15.0 Å². The van der Waals surface area contributed by atoms with E-state index < -0.39 is 0 Å². The first-order valence-corrected chi connectivity index (χ1v) is 17.2. The van der Waals surface area contributed by atoms with Crippen LogP contribution >= 0.6 is 0 Å². The Morgan fingerprint density at radius 3 is 0.897 bits per heavy atom. The van der Waals surface area contributed by atoms with Crippen LogP contribution in [0.5, 0.6) is 46.0 Å². The zero-order valence-corrected chi connectivity index (χ0v) is 31.2. The Morgan fingerprint density at radius 2 is 0.603 bits per heavy atom. The summed E-state index contributed by atoms with van der Waals surface area (Å²) in [6.45, 7) is 0. The molecule has 2 aliphatic rings. The molecule has 2 aliphatic heterocycles. The van der Waals surface area contributed by atoms with Gasteiger partial charge < -0.3 is 58.2 Å². The fourth-order valence-corrected chi connectivity index (χ4v) is 7.32. The number of nitrogens with one attached hydrogen (secondary N) is 1. The van der Waals surface area contributed by atoms with Crippen LogP contribution in [-0.2, 0) is 17.1 Å². The molecule has 0 fully saturated rings. The molecule has 3 aromatic heterocycles. The molecular weight excluding hydrogens is 788 g/mol. The maximum absolute atomic E-state index is 11.2. The van der Waals surface area contributed by atoms with Crippen molar-refractivity contribution in [1.82, 2.24) is 19.9 Å². The van der Waals surface area contributed by atoms with E-state index in [0.29, 0.717) is 11.0 Å². The molecule has 9 N–H and O–H groups in total. The molecule has 58 heavy (non-hydrogen) atoms. The number of fused-ring (bicyclic) bond motifs is 8. The van der Waals surface area contributed by atoms with Gasteiger partial charge in [0.15, 0.2) is 0 Å². The first-order chi connectivity index (χ1) is 27.1. The molecule has 13 heteroatoms. The number of H-pyrrole nitrogens is 1. The summed E-state index contributed by atoms with van der Waals surface area (Å²) < 4.78 is 0. The van der Waals surface area contributed by atoms with Crippen molar-refractivity contribution in [2.24, 2.45) is 0 Å². The third-order valence-corrected chi connectivity index (χ3v) is 9.76. The van der Waals surface area contributed by atoms with E-state index in [0.717, 1.165) is 0 Å². The molecule has 1 radical (unpaired) electrons. The summed E-state index contributed by atoms with van der Waals surface area (Å²) in [7, 11) is 0. The summed E-state index contributed by atoms with van der Waals surface area (Å²) in [5.74, 6) is -2.05. The zero-order chi connectivity index (χ0) is 38.8. The van der Waals surface area contributed by atoms with Gasteiger partial charge in [-0.2, -0.15) is 0 Å². The molecule has 0 saturated heterocycles. The molecule has 0 unspecified atom stereocenters. The molecule has 8 bridgehead atoms. The van der Waals surface area contributed by atoms with Crippen LogP contribution in [0.25, 0.3) is 90.9 Å². The molecule has 4 aromatic carbocycles. The molecule has 9 rings (SSSR count). The second-order valence-corrected chi connectivity index (χ2v) is 13.1. The Bertz CT molecular complexity index is 2560. The smallest absolute Gasteiger partial charge is 0.657 e. The van der Waals surface area contributed by atoms with E-state index in [9.17, 15) is 40.9 Å². The standard InChI is InChI=1S/C44H29N4O8.CH3.Cu/c49-29-5-1-6-30(50)41(29)37-21-13-15-23(45-21)38(42-31(51)7-2-8-32(42)52)25-17-19-27(47-25)40(44-35(55)11-4-12-36(44)56)28-20-18-26(48-28)39(24-16-14-22(37)46-24)43-33(53)9-3-10-34(43)54;;/h1-20H,(H9-,45,46,47,48,49,50,51,52,53,54,55,56);1H3;/q2*-1;+2. The van der Waals surface area contributed by atoms with Crippen molar-refractivity contribution in [3.8, 4) is 90.5 Å². The maximum Gasteiger partial charge on any atom is 2.00 e. The summed E-state index contributed by atoms with van der Waals surface area (Å²) in [6.07, 6.45) is 6.59. The average Bonchev–Trinajstić information content (AvgIpc) is 4.00. The first-order valence-electron chi connectivity index (χ1n) is 17.2. The van der Waals surface area contributed by atoms with Gasteiger partial charge in [0.05, 0.1) is 45.0 Å². The molecule has 12 nitrogen and oxygen atoms in total. The number of phenolic OH excluding ortho intramolecular Hbond substituents is 8. The number of nitrogens with zero attached hydrogens (tertiary/aromatic N) is 3. The van der Waals surface area contributed by atoms with Crippen molar-refractivity contribution >= 4 is 46.4 Å². The predicted octanol–water partition coefficient (Wildman–Crippen LogP) is 9.05. The quantitative estimate of drug-likeness (QED) is 0.0603. The fraction of sp³-hybridized carbons (Fsp3) is 0. The van der Waals surface area contributed by atoms with Gasteiger partial charge in [0.1, 0.15) is 46.0 Å². The third-order valence-electron chi connectivity index (χ3n) is 9.76. The summed E-state index contributed by atoms with van der Waals surface area (Å²) in [5, 5.41) is 89.5. The van der Waals surface area contributed by atoms with Gasteiger partial charge in [-0.1, -0.05) is 36.4 Å². The van der Waals surface area contributed by atoms with Crippen LogP contribution in [0.15, 0.2) is 97.1 Å². The van der Waals surface area contributed by atoms with Gasteiger partial charge in [-0.15, -0.1) is 11.0 Å². The van der Waals surface area contributed by atoms with Gasteiger partial charge in [-0.25, -0.2) is 9.97 Å². The van der Waals surface area contributed by atoms with Crippen molar-refractivity contribution in [2.75, 3.05) is 0 Å². The Balaban J connectivity index is 0.00000256. The maximum atomic E-state index is 11.2. The van der Waals surface area contributed by atoms with Crippen LogP contribution in [0.3, 0.4) is 0 Å². The van der Waals surface area contributed by atoms with Gasteiger partial charge in [-0.05, 0) is 85.0 Å². The van der Waals surface area contributed by atoms with Crippen LogP contribution in [0.2, 0.25) is 0 Å². The number of rotatable bonds is 4. The Kier molecular flexibility index (Phi) is 9.87. The molecule has 0 aliphatic carbocycles. The van der Waals surface area contributed by atoms with Crippen molar-refractivity contribution in [3.63, 3.8) is 0 Å². The molecule has 0 saturated carbocycles. The number of aromatic nitrogens is 4. The van der Waals surface area contributed by atoms with Gasteiger partial charge in [-0.3, -0.25) is 0 Å².